The fourth-order valence-corrected chi connectivity index (χ4v) is 3.57. The van der Waals surface area contributed by atoms with Crippen molar-refractivity contribution in [1.29, 1.82) is 0 Å². The lowest BCUT2D eigenvalue weighted by atomic mass is 10.0. The minimum atomic E-state index is -5.04. The lowest BCUT2D eigenvalue weighted by Gasteiger charge is -2.18. The molecule has 32 heavy (non-hydrogen) atoms. The molecular formula is C22H20F3N3O3S. The predicted molar refractivity (Wildman–Crippen MR) is 116 cm³/mol. The second-order valence-electron chi connectivity index (χ2n) is 6.75. The molecule has 2 amide bonds. The molecule has 1 atom stereocenters. The number of nitrogens with one attached hydrogen (secondary N) is 2. The molecule has 0 aliphatic carbocycles. The molecule has 10 heteroatoms. The average Bonchev–Trinajstić information content (AvgIpc) is 3.29. The topological polar surface area (TPSA) is 80.3 Å². The summed E-state index contributed by atoms with van der Waals surface area (Å²) in [6.07, 6.45) is -3.34. The molecule has 1 unspecified atom stereocenters. The van der Waals surface area contributed by atoms with Gasteiger partial charge in [0.25, 0.3) is 5.91 Å². The van der Waals surface area contributed by atoms with Crippen LogP contribution in [-0.2, 0) is 4.79 Å². The molecule has 0 saturated heterocycles. The van der Waals surface area contributed by atoms with E-state index in [1.807, 2.05) is 29.6 Å². The number of carbonyl (C=O) groups is 2. The largest absolute Gasteiger partial charge is 0.493 e. The number of benzene rings is 2. The first-order chi connectivity index (χ1) is 15.2. The number of thiazole rings is 1. The van der Waals surface area contributed by atoms with Crippen molar-refractivity contribution in [1.82, 2.24) is 10.3 Å². The highest BCUT2D eigenvalue weighted by Crippen LogP contribution is 2.27. The van der Waals surface area contributed by atoms with Gasteiger partial charge >= 0.3 is 12.1 Å². The van der Waals surface area contributed by atoms with E-state index in [9.17, 15) is 22.8 Å². The third-order valence-electron chi connectivity index (χ3n) is 4.45. The molecule has 0 bridgehead atoms. The number of nitrogens with zero attached hydrogens (tertiary/aromatic N) is 1. The van der Waals surface area contributed by atoms with Crippen LogP contribution in [0.2, 0.25) is 0 Å². The van der Waals surface area contributed by atoms with E-state index in [2.05, 4.69) is 10.3 Å². The van der Waals surface area contributed by atoms with Gasteiger partial charge in [0.2, 0.25) is 0 Å². The zero-order valence-corrected chi connectivity index (χ0v) is 18.0. The van der Waals surface area contributed by atoms with E-state index in [1.54, 1.807) is 25.4 Å². The van der Waals surface area contributed by atoms with Gasteiger partial charge in [-0.1, -0.05) is 18.2 Å². The van der Waals surface area contributed by atoms with Crippen LogP contribution in [0.1, 0.15) is 35.8 Å². The SMILES string of the molecule is CCOc1ccc(NC(=O)C(F)(F)F)cc1C(=O)NC(C)c1cccc(-c2nccs2)c1. The van der Waals surface area contributed by atoms with Gasteiger partial charge in [-0.05, 0) is 43.7 Å². The summed E-state index contributed by atoms with van der Waals surface area (Å²) >= 11 is 1.49. The lowest BCUT2D eigenvalue weighted by molar-refractivity contribution is -0.167. The predicted octanol–water partition coefficient (Wildman–Crippen LogP) is 5.20. The zero-order valence-electron chi connectivity index (χ0n) is 17.2. The fourth-order valence-electron chi connectivity index (χ4n) is 2.93. The molecule has 0 saturated carbocycles. The molecule has 6 nitrogen and oxygen atoms in total. The Balaban J connectivity index is 1.82. The summed E-state index contributed by atoms with van der Waals surface area (Å²) in [5, 5.41) is 7.29. The Bertz CT molecular complexity index is 1100. The first kappa shape index (κ1) is 23.3. The first-order valence-corrected chi connectivity index (χ1v) is 10.5. The van der Waals surface area contributed by atoms with Crippen LogP contribution in [0.15, 0.2) is 54.0 Å². The van der Waals surface area contributed by atoms with Gasteiger partial charge in [0.05, 0.1) is 18.2 Å². The normalized spacial score (nSPS) is 12.2. The number of hydrogen-bond donors (Lipinski definition) is 2. The summed E-state index contributed by atoms with van der Waals surface area (Å²) in [4.78, 5) is 28.5. The van der Waals surface area contributed by atoms with Gasteiger partial charge in [0, 0.05) is 22.8 Å². The van der Waals surface area contributed by atoms with Crippen molar-refractivity contribution in [2.75, 3.05) is 11.9 Å². The molecule has 2 N–H and O–H groups in total. The average molecular weight is 463 g/mol. The van der Waals surface area contributed by atoms with E-state index >= 15 is 0 Å². The molecule has 0 aliphatic heterocycles. The molecule has 3 rings (SSSR count). The van der Waals surface area contributed by atoms with Crippen molar-refractivity contribution in [3.63, 3.8) is 0 Å². The van der Waals surface area contributed by atoms with Crippen LogP contribution < -0.4 is 15.4 Å². The molecule has 1 heterocycles. The fraction of sp³-hybridized carbons (Fsp3) is 0.227. The number of anilines is 1. The van der Waals surface area contributed by atoms with Crippen LogP contribution in [0.4, 0.5) is 18.9 Å². The molecule has 0 spiro atoms. The highest BCUT2D eigenvalue weighted by Gasteiger charge is 2.38. The summed E-state index contributed by atoms with van der Waals surface area (Å²) in [6, 6.07) is 10.9. The van der Waals surface area contributed by atoms with E-state index in [-0.39, 0.29) is 23.6 Å². The quantitative estimate of drug-likeness (QED) is 0.505. The van der Waals surface area contributed by atoms with Gasteiger partial charge in [-0.2, -0.15) is 13.2 Å². The van der Waals surface area contributed by atoms with Crippen LogP contribution in [0, 0.1) is 0 Å². The number of ether oxygens (including phenoxy) is 1. The molecule has 0 aliphatic rings. The van der Waals surface area contributed by atoms with Gasteiger partial charge in [0.1, 0.15) is 10.8 Å². The second-order valence-corrected chi connectivity index (χ2v) is 7.65. The third-order valence-corrected chi connectivity index (χ3v) is 5.28. The Morgan fingerprint density at radius 2 is 1.97 bits per heavy atom. The molecule has 0 radical (unpaired) electrons. The van der Waals surface area contributed by atoms with Crippen molar-refractivity contribution < 1.29 is 27.5 Å². The number of hydrogen-bond acceptors (Lipinski definition) is 5. The summed E-state index contributed by atoms with van der Waals surface area (Å²) in [5.74, 6) is -2.48. The number of carbonyl (C=O) groups excluding carboxylic acids is 2. The van der Waals surface area contributed by atoms with Crippen LogP contribution >= 0.6 is 11.3 Å². The Kier molecular flexibility index (Phi) is 7.14. The molecule has 1 aromatic heterocycles. The van der Waals surface area contributed by atoms with Crippen molar-refractivity contribution in [2.45, 2.75) is 26.1 Å². The van der Waals surface area contributed by atoms with Crippen LogP contribution in [0.3, 0.4) is 0 Å². The third kappa shape index (κ3) is 5.64. The molecule has 168 valence electrons. The minimum Gasteiger partial charge on any atom is -0.493 e. The number of aromatic nitrogens is 1. The van der Waals surface area contributed by atoms with Crippen molar-refractivity contribution in [3.8, 4) is 16.3 Å². The lowest BCUT2D eigenvalue weighted by Crippen LogP contribution is -2.30. The molecule has 0 fully saturated rings. The van der Waals surface area contributed by atoms with E-state index in [0.29, 0.717) is 0 Å². The summed E-state index contributed by atoms with van der Waals surface area (Å²) in [6.45, 7) is 3.75. The van der Waals surface area contributed by atoms with Gasteiger partial charge in [0.15, 0.2) is 0 Å². The van der Waals surface area contributed by atoms with Gasteiger partial charge < -0.3 is 15.4 Å². The van der Waals surface area contributed by atoms with E-state index in [0.717, 1.165) is 22.2 Å². The second kappa shape index (κ2) is 9.82. The van der Waals surface area contributed by atoms with Crippen molar-refractivity contribution in [2.24, 2.45) is 0 Å². The number of rotatable bonds is 7. The summed E-state index contributed by atoms with van der Waals surface area (Å²) in [5.41, 5.74) is 1.57. The van der Waals surface area contributed by atoms with Crippen LogP contribution in [0.25, 0.3) is 10.6 Å². The van der Waals surface area contributed by atoms with E-state index in [1.165, 1.54) is 23.5 Å². The van der Waals surface area contributed by atoms with E-state index < -0.39 is 24.0 Å². The monoisotopic (exact) mass is 463 g/mol. The Hall–Kier alpha value is -3.40. The first-order valence-electron chi connectivity index (χ1n) is 9.64. The maximum Gasteiger partial charge on any atom is 0.471 e. The maximum absolute atomic E-state index is 12.9. The number of alkyl halides is 3. The minimum absolute atomic E-state index is 0.00903. The standard InChI is InChI=1S/C22H20F3N3O3S/c1-3-31-18-8-7-16(28-21(30)22(23,24)25)12-17(18)19(29)27-13(2)14-5-4-6-15(11-14)20-26-9-10-32-20/h4-13H,3H2,1-2H3,(H,27,29)(H,28,30). The zero-order chi connectivity index (χ0) is 23.3. The molecule has 2 aromatic carbocycles. The number of amides is 2. The van der Waals surface area contributed by atoms with Gasteiger partial charge in [-0.15, -0.1) is 11.3 Å². The summed E-state index contributed by atoms with van der Waals surface area (Å²) in [7, 11) is 0. The Morgan fingerprint density at radius 3 is 2.62 bits per heavy atom. The Labute approximate surface area is 186 Å². The van der Waals surface area contributed by atoms with Crippen LogP contribution in [0.5, 0.6) is 5.75 Å². The Morgan fingerprint density at radius 1 is 1.19 bits per heavy atom. The molecule has 3 aromatic rings. The van der Waals surface area contributed by atoms with Crippen molar-refractivity contribution >= 4 is 28.8 Å². The van der Waals surface area contributed by atoms with E-state index in [4.69, 9.17) is 4.74 Å². The molecular weight excluding hydrogens is 443 g/mol. The highest BCUT2D eigenvalue weighted by molar-refractivity contribution is 7.13. The maximum atomic E-state index is 12.9. The number of halogens is 3. The van der Waals surface area contributed by atoms with Gasteiger partial charge in [-0.25, -0.2) is 4.98 Å². The smallest absolute Gasteiger partial charge is 0.471 e. The van der Waals surface area contributed by atoms with Gasteiger partial charge in [-0.3, -0.25) is 9.59 Å². The highest BCUT2D eigenvalue weighted by atomic mass is 32.1. The van der Waals surface area contributed by atoms with Crippen molar-refractivity contribution in [3.05, 3.63) is 65.2 Å². The van der Waals surface area contributed by atoms with Crippen LogP contribution in [-0.4, -0.2) is 29.6 Å². The summed E-state index contributed by atoms with van der Waals surface area (Å²) < 4.78 is 43.1.